The van der Waals surface area contributed by atoms with Crippen molar-refractivity contribution in [2.45, 2.75) is 209 Å². The molecule has 0 spiro atoms. The Labute approximate surface area is 483 Å². The van der Waals surface area contributed by atoms with E-state index < -0.39 is 79.8 Å². The lowest BCUT2D eigenvalue weighted by molar-refractivity contribution is -0.222. The minimum atomic E-state index is -1.58. The van der Waals surface area contributed by atoms with Gasteiger partial charge in [-0.1, -0.05) is 50.2 Å². The first-order chi connectivity index (χ1) is 38.6. The molecule has 0 radical (unpaired) electrons. The molecule has 1 heterocycles. The van der Waals surface area contributed by atoms with Crippen molar-refractivity contribution in [1.82, 2.24) is 0 Å². The van der Waals surface area contributed by atoms with Gasteiger partial charge >= 0.3 is 29.8 Å². The van der Waals surface area contributed by atoms with Gasteiger partial charge in [-0.15, -0.1) is 0 Å². The first-order valence-electron chi connectivity index (χ1n) is 31.3. The van der Waals surface area contributed by atoms with Crippen LogP contribution < -0.4 is 4.74 Å². The molecule has 3 aromatic carbocycles. The number of ether oxygens (including phenoxy) is 5. The predicted octanol–water partition coefficient (Wildman–Crippen LogP) is 13.5. The molecule has 0 amide bonds. The molecule has 436 valence electrons. The lowest BCUT2D eigenvalue weighted by atomic mass is 9.49. The molecule has 11 fully saturated rings. The zero-order valence-corrected chi connectivity index (χ0v) is 50.0. The summed E-state index contributed by atoms with van der Waals surface area (Å²) in [5.41, 5.74) is -7.00. The predicted molar refractivity (Wildman–Crippen MR) is 307 cm³/mol. The summed E-state index contributed by atoms with van der Waals surface area (Å²) < 4.78 is 32.1. The minimum absolute atomic E-state index is 0.00246. The molecule has 14 rings (SSSR count). The standard InChI is InChI=1S/C69H89O11S/c1-8-69(50-30-43-27-44(32-50)33-51(69)31-43)80-63(74)65(5,38-56-42(2)46-19-20-47(56)34-46)40-67(7,61(72)78-57-25-26-76-59(57)70)41-66(6,62(73)79-58-48-28-45-29-49(58)37-68(75,35-45)36-48)39-64(3,4)60(71)77-52-21-23-55(24-22-52)81(53-15-11-9-12-16-53)54-17-13-10-14-18-54/h9-18,21-24,42-51,56-58,75H,8,19-20,25-41H2,1-7H3/q+1. The monoisotopic (exact) mass is 1130 g/mol. The van der Waals surface area contributed by atoms with Crippen LogP contribution in [-0.4, -0.2) is 65.0 Å². The van der Waals surface area contributed by atoms with Crippen LogP contribution in [0, 0.1) is 86.8 Å². The van der Waals surface area contributed by atoms with Crippen molar-refractivity contribution in [3.05, 3.63) is 84.9 Å². The van der Waals surface area contributed by atoms with Gasteiger partial charge in [-0.05, 0) is 264 Å². The van der Waals surface area contributed by atoms with Gasteiger partial charge in [0.15, 0.2) is 14.7 Å². The topological polar surface area (TPSA) is 152 Å². The summed E-state index contributed by atoms with van der Waals surface area (Å²) in [6.07, 6.45) is 12.3. The molecule has 0 aromatic heterocycles. The van der Waals surface area contributed by atoms with Crippen molar-refractivity contribution in [2.24, 2.45) is 86.8 Å². The molecule has 3 aromatic rings. The van der Waals surface area contributed by atoms with Crippen LogP contribution in [0.15, 0.2) is 99.6 Å². The highest BCUT2D eigenvalue weighted by Crippen LogP contribution is 2.63. The van der Waals surface area contributed by atoms with E-state index in [1.54, 1.807) is 27.7 Å². The first kappa shape index (κ1) is 56.8. The summed E-state index contributed by atoms with van der Waals surface area (Å²) in [7, 11) is -0.415. The van der Waals surface area contributed by atoms with Gasteiger partial charge in [0.25, 0.3) is 0 Å². The largest absolute Gasteiger partial charge is 0.463 e. The van der Waals surface area contributed by atoms with Gasteiger partial charge in [0, 0.05) is 6.42 Å². The van der Waals surface area contributed by atoms with E-state index in [0.717, 1.165) is 78.9 Å². The fourth-order valence-corrected chi connectivity index (χ4v) is 21.8. The lowest BCUT2D eigenvalue weighted by Gasteiger charge is -2.60. The molecule has 1 saturated heterocycles. The average molecular weight is 1130 g/mol. The maximum absolute atomic E-state index is 16.0. The molecule has 11 aliphatic rings. The van der Waals surface area contributed by atoms with Gasteiger partial charge in [0.05, 0.1) is 44.8 Å². The average Bonchev–Trinajstić information content (AvgIpc) is 4.32. The van der Waals surface area contributed by atoms with Crippen LogP contribution in [0.1, 0.15) is 170 Å². The zero-order chi connectivity index (χ0) is 56.9. The van der Waals surface area contributed by atoms with Crippen LogP contribution in [0.2, 0.25) is 0 Å². The highest BCUT2D eigenvalue weighted by Gasteiger charge is 2.63. The van der Waals surface area contributed by atoms with Crippen LogP contribution in [0.25, 0.3) is 0 Å². The summed E-state index contributed by atoms with van der Waals surface area (Å²) in [5.74, 6) is 1.65. The van der Waals surface area contributed by atoms with Gasteiger partial charge in [0.1, 0.15) is 17.5 Å². The van der Waals surface area contributed by atoms with Crippen LogP contribution in [0.4, 0.5) is 0 Å². The van der Waals surface area contributed by atoms with Crippen LogP contribution in [-0.2, 0) is 53.8 Å². The quantitative estimate of drug-likeness (QED) is 0.0498. The summed E-state index contributed by atoms with van der Waals surface area (Å²) in [4.78, 5) is 79.1. The Balaban J connectivity index is 0.884. The second kappa shape index (κ2) is 21.4. The maximum Gasteiger partial charge on any atom is 0.347 e. The summed E-state index contributed by atoms with van der Waals surface area (Å²) in [6.45, 7) is 13.8. The highest BCUT2D eigenvalue weighted by atomic mass is 32.2. The molecule has 10 saturated carbocycles. The molecule has 10 atom stereocenters. The second-order valence-corrected chi connectivity index (χ2v) is 31.4. The zero-order valence-electron chi connectivity index (χ0n) is 49.2. The van der Waals surface area contributed by atoms with Crippen LogP contribution >= 0.6 is 0 Å². The number of carbonyl (C=O) groups is 5. The van der Waals surface area contributed by atoms with Gasteiger partial charge in [-0.25, -0.2) is 4.79 Å². The Morgan fingerprint density at radius 3 is 1.70 bits per heavy atom. The molecule has 1 N–H and O–H groups in total. The third-order valence-electron chi connectivity index (χ3n) is 22.8. The second-order valence-electron chi connectivity index (χ2n) is 29.4. The number of aliphatic hydroxyl groups is 1. The molecule has 10 bridgehead atoms. The van der Waals surface area contributed by atoms with Crippen molar-refractivity contribution in [3.63, 3.8) is 0 Å². The smallest absolute Gasteiger partial charge is 0.347 e. The van der Waals surface area contributed by atoms with E-state index in [2.05, 4.69) is 38.1 Å². The Bertz CT molecular complexity index is 2770. The van der Waals surface area contributed by atoms with Crippen LogP contribution in [0.3, 0.4) is 0 Å². The molecule has 10 aliphatic carbocycles. The number of hydrogen-bond donors (Lipinski definition) is 1. The third-order valence-corrected chi connectivity index (χ3v) is 25.0. The normalized spacial score (nSPS) is 36.4. The minimum Gasteiger partial charge on any atom is -0.463 e. The summed E-state index contributed by atoms with van der Waals surface area (Å²) in [6, 6.07) is 28.4. The Morgan fingerprint density at radius 2 is 1.16 bits per heavy atom. The number of esters is 5. The van der Waals surface area contributed by atoms with Gasteiger partial charge < -0.3 is 28.8 Å². The summed E-state index contributed by atoms with van der Waals surface area (Å²) in [5, 5.41) is 11.6. The van der Waals surface area contributed by atoms with Crippen molar-refractivity contribution < 1.29 is 52.8 Å². The van der Waals surface area contributed by atoms with E-state index in [4.69, 9.17) is 23.7 Å². The Hall–Kier alpha value is -4.68. The van der Waals surface area contributed by atoms with Crippen molar-refractivity contribution in [2.75, 3.05) is 6.61 Å². The number of rotatable bonds is 20. The summed E-state index contributed by atoms with van der Waals surface area (Å²) >= 11 is 0. The fourth-order valence-electron chi connectivity index (χ4n) is 19.7. The number of cyclic esters (lactones) is 1. The first-order valence-corrected chi connectivity index (χ1v) is 32.5. The molecule has 12 heteroatoms. The fraction of sp³-hybridized carbons (Fsp3) is 0.667. The van der Waals surface area contributed by atoms with Gasteiger partial charge in [-0.2, -0.15) is 0 Å². The molecular weight excluding hydrogens is 1040 g/mol. The highest BCUT2D eigenvalue weighted by molar-refractivity contribution is 7.97. The van der Waals surface area contributed by atoms with Gasteiger partial charge in [0.2, 0.25) is 6.10 Å². The van der Waals surface area contributed by atoms with E-state index in [-0.39, 0.29) is 56.0 Å². The lowest BCUT2D eigenvalue weighted by Crippen LogP contribution is -2.60. The Kier molecular flexibility index (Phi) is 15.0. The molecular formula is C69H89O11S+. The number of carbonyl (C=O) groups excluding carboxylic acids is 5. The SMILES string of the molecule is CCC1(OC(=O)C(C)(CC2C3CCC(C3)C2C)CC(C)(CC(C)(CC(C)(C)C(=O)Oc2ccc([S+](c3ccccc3)c3ccccc3)cc2)C(=O)OC2C3CC4CC2CC(O)(C4)C3)C(=O)OC2CCOC2=O)C2CC3CC(C2)CC1C3. The van der Waals surface area contributed by atoms with Crippen LogP contribution in [0.5, 0.6) is 5.75 Å². The van der Waals surface area contributed by atoms with Crippen molar-refractivity contribution in [1.29, 1.82) is 0 Å². The van der Waals surface area contributed by atoms with E-state index in [9.17, 15) is 14.7 Å². The third kappa shape index (κ3) is 10.7. The molecule has 10 unspecified atom stereocenters. The number of hydrogen-bond acceptors (Lipinski definition) is 11. The maximum atomic E-state index is 16.0. The van der Waals surface area contributed by atoms with Crippen molar-refractivity contribution in [3.8, 4) is 5.75 Å². The van der Waals surface area contributed by atoms with E-state index >= 15 is 14.4 Å². The van der Waals surface area contributed by atoms with Gasteiger partial charge in [-0.3, -0.25) is 19.2 Å². The van der Waals surface area contributed by atoms with E-state index in [1.807, 2.05) is 67.6 Å². The molecule has 11 nitrogen and oxygen atoms in total. The van der Waals surface area contributed by atoms with E-state index in [1.165, 1.54) is 12.8 Å². The van der Waals surface area contributed by atoms with Crippen molar-refractivity contribution >= 4 is 40.7 Å². The number of fused-ring (bicyclic) bond motifs is 2. The molecule has 1 aliphatic heterocycles. The molecule has 81 heavy (non-hydrogen) atoms. The van der Waals surface area contributed by atoms with E-state index in [0.29, 0.717) is 72.4 Å². The number of benzene rings is 3. The Morgan fingerprint density at radius 1 is 0.605 bits per heavy atom.